The molecule has 0 aliphatic rings. The molecule has 0 unspecified atom stereocenters. The summed E-state index contributed by atoms with van der Waals surface area (Å²) in [7, 11) is 0. The summed E-state index contributed by atoms with van der Waals surface area (Å²) >= 11 is 0. The van der Waals surface area contributed by atoms with Gasteiger partial charge in [0.2, 0.25) is 0 Å². The van der Waals surface area contributed by atoms with E-state index < -0.39 is 0 Å². The van der Waals surface area contributed by atoms with Crippen molar-refractivity contribution in [1.29, 1.82) is 5.26 Å². The molecule has 0 saturated carbocycles. The van der Waals surface area contributed by atoms with Gasteiger partial charge in [0.05, 0.1) is 11.6 Å². The van der Waals surface area contributed by atoms with Gasteiger partial charge in [-0.1, -0.05) is 41.5 Å². The van der Waals surface area contributed by atoms with Crippen LogP contribution in [0.5, 0.6) is 0 Å². The number of hydrogen-bond donors (Lipinski definition) is 0. The van der Waals surface area contributed by atoms with Crippen LogP contribution in [0, 0.1) is 25.2 Å². The zero-order valence-electron chi connectivity index (χ0n) is 9.49. The summed E-state index contributed by atoms with van der Waals surface area (Å²) in [6, 6.07) is 16.3. The highest BCUT2D eigenvalue weighted by Gasteiger charge is 1.99. The van der Waals surface area contributed by atoms with Crippen molar-refractivity contribution in [3.63, 3.8) is 0 Å². The Morgan fingerprint density at radius 1 is 0.812 bits per heavy atom. The fourth-order valence-corrected chi connectivity index (χ4v) is 1.88. The molecule has 1 heteroatoms. The predicted molar refractivity (Wildman–Crippen MR) is 66.1 cm³/mol. The fraction of sp³-hybridized carbons (Fsp3) is 0.133. The van der Waals surface area contributed by atoms with Gasteiger partial charge in [0.25, 0.3) is 0 Å². The molecule has 0 atom stereocenters. The van der Waals surface area contributed by atoms with E-state index in [1.807, 2.05) is 24.3 Å². The molecule has 2 aromatic carbocycles. The van der Waals surface area contributed by atoms with Crippen molar-refractivity contribution >= 4 is 0 Å². The Morgan fingerprint density at radius 2 is 1.38 bits per heavy atom. The highest BCUT2D eigenvalue weighted by molar-refractivity contribution is 5.65. The summed E-state index contributed by atoms with van der Waals surface area (Å²) in [6.45, 7) is 4.19. The molecule has 0 bridgehead atoms. The van der Waals surface area contributed by atoms with Gasteiger partial charge < -0.3 is 0 Å². The number of rotatable bonds is 1. The largest absolute Gasteiger partial charge is 0.192 e. The molecule has 0 saturated heterocycles. The summed E-state index contributed by atoms with van der Waals surface area (Å²) in [6.07, 6.45) is 0. The molecule has 0 aliphatic heterocycles. The molecule has 0 radical (unpaired) electrons. The molecule has 16 heavy (non-hydrogen) atoms. The average molecular weight is 207 g/mol. The molecule has 0 aromatic heterocycles. The molecule has 0 aliphatic carbocycles. The minimum Gasteiger partial charge on any atom is -0.192 e. The first-order chi connectivity index (χ1) is 7.69. The molecule has 0 amide bonds. The lowest BCUT2D eigenvalue weighted by atomic mass is 10.00. The second kappa shape index (κ2) is 4.20. The zero-order chi connectivity index (χ0) is 11.5. The van der Waals surface area contributed by atoms with E-state index in [9.17, 15) is 0 Å². The van der Waals surface area contributed by atoms with E-state index in [0.29, 0.717) is 5.56 Å². The number of nitriles is 1. The first kappa shape index (κ1) is 10.4. The third-order valence-electron chi connectivity index (χ3n) is 2.57. The van der Waals surface area contributed by atoms with Gasteiger partial charge in [-0.15, -0.1) is 0 Å². The standard InChI is InChI=1S/C15H13N/c1-11-7-12(2)9-15(8-11)14-5-3-13(10-16)4-6-14/h3-9H,1-2H3. The molecular formula is C15H13N. The summed E-state index contributed by atoms with van der Waals surface area (Å²) in [5.74, 6) is 0. The van der Waals surface area contributed by atoms with E-state index in [1.165, 1.54) is 16.7 Å². The van der Waals surface area contributed by atoms with Crippen LogP contribution >= 0.6 is 0 Å². The maximum absolute atomic E-state index is 8.74. The molecule has 0 heterocycles. The second-order valence-electron chi connectivity index (χ2n) is 4.07. The number of benzene rings is 2. The lowest BCUT2D eigenvalue weighted by molar-refractivity contribution is 1.38. The van der Waals surface area contributed by atoms with Gasteiger partial charge in [-0.2, -0.15) is 5.26 Å². The topological polar surface area (TPSA) is 23.8 Å². The average Bonchev–Trinajstić information content (AvgIpc) is 2.28. The molecule has 2 rings (SSSR count). The lowest BCUT2D eigenvalue weighted by Gasteiger charge is -2.05. The third kappa shape index (κ3) is 2.12. The SMILES string of the molecule is Cc1cc(C)cc(-c2ccc(C#N)cc2)c1. The monoisotopic (exact) mass is 207 g/mol. The normalized spacial score (nSPS) is 9.81. The second-order valence-corrected chi connectivity index (χ2v) is 4.07. The molecule has 2 aromatic rings. The van der Waals surface area contributed by atoms with Crippen molar-refractivity contribution < 1.29 is 0 Å². The van der Waals surface area contributed by atoms with E-state index in [2.05, 4.69) is 38.1 Å². The summed E-state index contributed by atoms with van der Waals surface area (Å²) in [5, 5.41) is 8.74. The Bertz CT molecular complexity index is 524. The molecule has 0 fully saturated rings. The highest BCUT2D eigenvalue weighted by Crippen LogP contribution is 2.22. The summed E-state index contributed by atoms with van der Waals surface area (Å²) < 4.78 is 0. The Morgan fingerprint density at radius 3 is 1.88 bits per heavy atom. The van der Waals surface area contributed by atoms with Crippen LogP contribution in [-0.4, -0.2) is 0 Å². The quantitative estimate of drug-likeness (QED) is 0.697. The van der Waals surface area contributed by atoms with Crippen LogP contribution < -0.4 is 0 Å². The van der Waals surface area contributed by atoms with E-state index >= 15 is 0 Å². The van der Waals surface area contributed by atoms with Crippen LogP contribution in [0.3, 0.4) is 0 Å². The molecular weight excluding hydrogens is 194 g/mol. The van der Waals surface area contributed by atoms with Crippen LogP contribution in [0.4, 0.5) is 0 Å². The molecule has 1 nitrogen and oxygen atoms in total. The first-order valence-electron chi connectivity index (χ1n) is 5.28. The van der Waals surface area contributed by atoms with Crippen molar-refractivity contribution in [3.8, 4) is 17.2 Å². The van der Waals surface area contributed by atoms with Crippen molar-refractivity contribution in [2.24, 2.45) is 0 Å². The minimum atomic E-state index is 0.702. The van der Waals surface area contributed by atoms with Crippen LogP contribution in [0.25, 0.3) is 11.1 Å². The maximum Gasteiger partial charge on any atom is 0.0991 e. The van der Waals surface area contributed by atoms with Crippen LogP contribution in [0.1, 0.15) is 16.7 Å². The Kier molecular flexibility index (Phi) is 2.74. The van der Waals surface area contributed by atoms with Crippen LogP contribution in [0.15, 0.2) is 42.5 Å². The van der Waals surface area contributed by atoms with Gasteiger partial charge in [0.1, 0.15) is 0 Å². The fourth-order valence-electron chi connectivity index (χ4n) is 1.88. The van der Waals surface area contributed by atoms with Gasteiger partial charge in [-0.3, -0.25) is 0 Å². The van der Waals surface area contributed by atoms with Gasteiger partial charge >= 0.3 is 0 Å². The molecule has 0 spiro atoms. The van der Waals surface area contributed by atoms with E-state index in [4.69, 9.17) is 5.26 Å². The van der Waals surface area contributed by atoms with E-state index in [0.717, 1.165) is 5.56 Å². The number of nitrogens with zero attached hydrogens (tertiary/aromatic N) is 1. The Hall–Kier alpha value is -2.07. The van der Waals surface area contributed by atoms with E-state index in [1.54, 1.807) is 0 Å². The van der Waals surface area contributed by atoms with Gasteiger partial charge in [0, 0.05) is 0 Å². The number of hydrogen-bond acceptors (Lipinski definition) is 1. The smallest absolute Gasteiger partial charge is 0.0991 e. The molecule has 0 N–H and O–H groups in total. The first-order valence-corrected chi connectivity index (χ1v) is 5.28. The van der Waals surface area contributed by atoms with Gasteiger partial charge in [-0.25, -0.2) is 0 Å². The number of aryl methyl sites for hydroxylation is 2. The van der Waals surface area contributed by atoms with Crippen LogP contribution in [-0.2, 0) is 0 Å². The lowest BCUT2D eigenvalue weighted by Crippen LogP contribution is -1.83. The van der Waals surface area contributed by atoms with Crippen LogP contribution in [0.2, 0.25) is 0 Å². The van der Waals surface area contributed by atoms with Crippen molar-refractivity contribution in [2.45, 2.75) is 13.8 Å². The minimum absolute atomic E-state index is 0.702. The summed E-state index contributed by atoms with van der Waals surface area (Å²) in [4.78, 5) is 0. The van der Waals surface area contributed by atoms with Crippen molar-refractivity contribution in [3.05, 3.63) is 59.2 Å². The molecule has 78 valence electrons. The third-order valence-corrected chi connectivity index (χ3v) is 2.57. The van der Waals surface area contributed by atoms with Crippen molar-refractivity contribution in [1.82, 2.24) is 0 Å². The van der Waals surface area contributed by atoms with Crippen molar-refractivity contribution in [2.75, 3.05) is 0 Å². The van der Waals surface area contributed by atoms with Gasteiger partial charge in [0.15, 0.2) is 0 Å². The zero-order valence-corrected chi connectivity index (χ0v) is 9.49. The maximum atomic E-state index is 8.74. The van der Waals surface area contributed by atoms with Gasteiger partial charge in [-0.05, 0) is 37.1 Å². The highest BCUT2D eigenvalue weighted by atomic mass is 14.2. The predicted octanol–water partition coefficient (Wildman–Crippen LogP) is 3.84. The summed E-state index contributed by atoms with van der Waals surface area (Å²) in [5.41, 5.74) is 5.60. The Labute approximate surface area is 96.0 Å². The Balaban J connectivity index is 2.47. The van der Waals surface area contributed by atoms with E-state index in [-0.39, 0.29) is 0 Å².